The quantitative estimate of drug-likeness (QED) is 0.790. The van der Waals surface area contributed by atoms with Crippen molar-refractivity contribution in [3.05, 3.63) is 40.6 Å². The maximum atomic E-state index is 13.0. The van der Waals surface area contributed by atoms with Gasteiger partial charge in [0.2, 0.25) is 5.88 Å². The van der Waals surface area contributed by atoms with Crippen molar-refractivity contribution < 1.29 is 23.2 Å². The third-order valence-corrected chi connectivity index (χ3v) is 5.46. The maximum absolute atomic E-state index is 13.0. The first-order valence-electron chi connectivity index (χ1n) is 8.06. The molecule has 2 heterocycles. The van der Waals surface area contributed by atoms with E-state index in [2.05, 4.69) is 10.3 Å². The second-order valence-corrected chi connectivity index (χ2v) is 8.03. The Labute approximate surface area is 151 Å². The molecule has 1 aromatic heterocycles. The van der Waals surface area contributed by atoms with Gasteiger partial charge < -0.3 is 9.94 Å². The normalized spacial score (nSPS) is 14.2. The number of hydrogen-bond donors (Lipinski definition) is 1. The molecule has 26 heavy (non-hydrogen) atoms. The summed E-state index contributed by atoms with van der Waals surface area (Å²) in [5.74, 6) is -0.666. The molecule has 3 rings (SSSR count). The van der Waals surface area contributed by atoms with E-state index in [0.717, 1.165) is 6.26 Å². The Balaban J connectivity index is 2.26. The van der Waals surface area contributed by atoms with Crippen LogP contribution >= 0.6 is 0 Å². The fraction of sp³-hybridized carbons (Fsp3) is 0.353. The number of aromatic nitrogens is 2. The first kappa shape index (κ1) is 18.1. The molecule has 0 atom stereocenters. The fourth-order valence-electron chi connectivity index (χ4n) is 3.05. The molecule has 2 aromatic rings. The number of aryl methyl sites for hydroxylation is 1. The van der Waals surface area contributed by atoms with Crippen molar-refractivity contribution >= 4 is 21.3 Å². The first-order valence-corrected chi connectivity index (χ1v) is 9.95. The van der Waals surface area contributed by atoms with E-state index in [4.69, 9.17) is 4.84 Å². The molecule has 0 bridgehead atoms. The highest BCUT2D eigenvalue weighted by Gasteiger charge is 2.28. The lowest BCUT2D eigenvalue weighted by Crippen LogP contribution is -2.16. The molecule has 0 amide bonds. The van der Waals surface area contributed by atoms with Crippen molar-refractivity contribution in [3.8, 4) is 5.88 Å². The van der Waals surface area contributed by atoms with Crippen molar-refractivity contribution in [1.29, 1.82) is 0 Å². The van der Waals surface area contributed by atoms with Gasteiger partial charge in [-0.3, -0.25) is 4.79 Å². The number of nitrogens with zero attached hydrogens (tertiary/aromatic N) is 3. The maximum Gasteiger partial charge on any atom is 0.220 e. The minimum Gasteiger partial charge on any atom is -0.493 e. The van der Waals surface area contributed by atoms with Crippen LogP contribution in [-0.4, -0.2) is 47.7 Å². The molecular formula is C17H19N3O5S. The minimum absolute atomic E-state index is 0.0601. The van der Waals surface area contributed by atoms with Crippen LogP contribution < -0.4 is 0 Å². The van der Waals surface area contributed by atoms with Crippen molar-refractivity contribution in [2.45, 2.75) is 24.7 Å². The highest BCUT2D eigenvalue weighted by atomic mass is 32.2. The van der Waals surface area contributed by atoms with E-state index in [-0.39, 0.29) is 16.3 Å². The van der Waals surface area contributed by atoms with Crippen LogP contribution in [0.3, 0.4) is 0 Å². The third-order valence-electron chi connectivity index (χ3n) is 4.32. The van der Waals surface area contributed by atoms with Gasteiger partial charge in [-0.25, -0.2) is 13.1 Å². The topological polar surface area (TPSA) is 111 Å². The lowest BCUT2D eigenvalue weighted by atomic mass is 9.91. The minimum atomic E-state index is -3.53. The monoisotopic (exact) mass is 377 g/mol. The van der Waals surface area contributed by atoms with Crippen LogP contribution in [0.25, 0.3) is 0 Å². The zero-order valence-electron chi connectivity index (χ0n) is 14.7. The Kier molecular flexibility index (Phi) is 4.57. The van der Waals surface area contributed by atoms with Crippen LogP contribution in [0, 0.1) is 0 Å². The number of rotatable bonds is 5. The zero-order chi connectivity index (χ0) is 19.1. The van der Waals surface area contributed by atoms with Crippen LogP contribution in [0.2, 0.25) is 0 Å². The van der Waals surface area contributed by atoms with Gasteiger partial charge in [-0.15, -0.1) is 0 Å². The van der Waals surface area contributed by atoms with E-state index in [9.17, 15) is 18.3 Å². The summed E-state index contributed by atoms with van der Waals surface area (Å²) < 4.78 is 25.7. The second-order valence-electron chi connectivity index (χ2n) is 6.05. The summed E-state index contributed by atoms with van der Waals surface area (Å²) in [5, 5.41) is 17.9. The van der Waals surface area contributed by atoms with Crippen LogP contribution in [0.1, 0.15) is 40.4 Å². The number of ketones is 1. The smallest absolute Gasteiger partial charge is 0.220 e. The lowest BCUT2D eigenvalue weighted by molar-refractivity contribution is 0.103. The van der Waals surface area contributed by atoms with Crippen molar-refractivity contribution in [3.63, 3.8) is 0 Å². The van der Waals surface area contributed by atoms with Crippen molar-refractivity contribution in [2.75, 3.05) is 12.9 Å². The Morgan fingerprint density at radius 1 is 1.35 bits per heavy atom. The molecule has 1 aromatic carbocycles. The predicted molar refractivity (Wildman–Crippen MR) is 94.3 cm³/mol. The molecule has 1 aliphatic heterocycles. The third kappa shape index (κ3) is 2.98. The summed E-state index contributed by atoms with van der Waals surface area (Å²) in [7, 11) is -2.00. The standard InChI is InChI=1S/C17H19N3O5S/c1-4-10-11(16(21)12-9-18-20(2)17(12)22)5-6-14(26(3,23)24)15(10)13-7-8-25-19-13/h5-6,9,22H,4,7-8H2,1-3H3. The van der Waals surface area contributed by atoms with E-state index < -0.39 is 15.6 Å². The molecule has 9 heteroatoms. The summed E-state index contributed by atoms with van der Waals surface area (Å²) in [6.45, 7) is 2.20. The number of sulfone groups is 1. The highest BCUT2D eigenvalue weighted by Crippen LogP contribution is 2.30. The molecule has 8 nitrogen and oxygen atoms in total. The summed E-state index contributed by atoms with van der Waals surface area (Å²) in [5.41, 5.74) is 1.86. The van der Waals surface area contributed by atoms with Gasteiger partial charge >= 0.3 is 0 Å². The second kappa shape index (κ2) is 6.56. The van der Waals surface area contributed by atoms with Gasteiger partial charge in [0.1, 0.15) is 12.2 Å². The van der Waals surface area contributed by atoms with E-state index in [1.54, 1.807) is 0 Å². The summed E-state index contributed by atoms with van der Waals surface area (Å²) >= 11 is 0. The average Bonchev–Trinajstić information content (AvgIpc) is 3.23. The van der Waals surface area contributed by atoms with E-state index in [0.29, 0.717) is 41.9 Å². The molecule has 138 valence electrons. The van der Waals surface area contributed by atoms with E-state index in [1.807, 2.05) is 6.92 Å². The van der Waals surface area contributed by atoms with Gasteiger partial charge in [0.25, 0.3) is 0 Å². The molecule has 0 saturated heterocycles. The lowest BCUT2D eigenvalue weighted by Gasteiger charge is -2.16. The number of carbonyl (C=O) groups is 1. The highest BCUT2D eigenvalue weighted by molar-refractivity contribution is 7.90. The van der Waals surface area contributed by atoms with Crippen molar-refractivity contribution in [2.24, 2.45) is 12.2 Å². The average molecular weight is 377 g/mol. The van der Waals surface area contributed by atoms with Gasteiger partial charge in [0.05, 0.1) is 16.8 Å². The molecule has 0 radical (unpaired) electrons. The molecule has 0 saturated carbocycles. The van der Waals surface area contributed by atoms with Gasteiger partial charge in [-0.05, 0) is 24.1 Å². The van der Waals surface area contributed by atoms with Crippen molar-refractivity contribution in [1.82, 2.24) is 9.78 Å². The number of benzene rings is 1. The van der Waals surface area contributed by atoms with Gasteiger partial charge in [-0.2, -0.15) is 5.10 Å². The van der Waals surface area contributed by atoms with Gasteiger partial charge in [-0.1, -0.05) is 12.1 Å². The van der Waals surface area contributed by atoms with Gasteiger partial charge in [0.15, 0.2) is 15.6 Å². The largest absolute Gasteiger partial charge is 0.493 e. The van der Waals surface area contributed by atoms with Crippen LogP contribution in [0.4, 0.5) is 0 Å². The molecule has 0 fully saturated rings. The molecule has 0 unspecified atom stereocenters. The molecule has 1 N–H and O–H groups in total. The molecule has 0 aliphatic carbocycles. The van der Waals surface area contributed by atoms with Crippen LogP contribution in [0.15, 0.2) is 28.4 Å². The van der Waals surface area contributed by atoms with E-state index >= 15 is 0 Å². The summed E-state index contributed by atoms with van der Waals surface area (Å²) in [6.07, 6.45) is 3.29. The van der Waals surface area contributed by atoms with Crippen LogP contribution in [-0.2, 0) is 28.1 Å². The molecular weight excluding hydrogens is 358 g/mol. The zero-order valence-corrected chi connectivity index (χ0v) is 15.5. The molecule has 0 spiro atoms. The summed E-state index contributed by atoms with van der Waals surface area (Å²) in [4.78, 5) is 18.1. The first-order chi connectivity index (χ1) is 12.3. The number of aromatic hydroxyl groups is 1. The number of oxime groups is 1. The summed E-state index contributed by atoms with van der Waals surface area (Å²) in [6, 6.07) is 2.88. The SMILES string of the molecule is CCc1c(C(=O)c2cnn(C)c2O)ccc(S(C)(=O)=O)c1C1=NOCC1. The Hall–Kier alpha value is -2.68. The number of hydrogen-bond acceptors (Lipinski definition) is 7. The Bertz CT molecular complexity index is 1020. The van der Waals surface area contributed by atoms with Gasteiger partial charge in [0, 0.05) is 30.9 Å². The number of carbonyl (C=O) groups excluding carboxylic acids is 1. The van der Waals surface area contributed by atoms with E-state index in [1.165, 1.54) is 30.1 Å². The predicted octanol–water partition coefficient (Wildman–Crippen LogP) is 1.45. The molecule has 1 aliphatic rings. The van der Waals surface area contributed by atoms with Crippen LogP contribution in [0.5, 0.6) is 5.88 Å². The Morgan fingerprint density at radius 3 is 2.58 bits per heavy atom. The fourth-order valence-corrected chi connectivity index (χ4v) is 3.98. The Morgan fingerprint density at radius 2 is 2.08 bits per heavy atom.